The number of hydrogen-bond acceptors (Lipinski definition) is 4. The molecular formula is C12H20F4O4. The Hall–Kier alpha value is -0.440. The predicted molar refractivity (Wildman–Crippen MR) is 61.5 cm³/mol. The molecular weight excluding hydrogens is 284 g/mol. The first-order chi connectivity index (χ1) is 8.88. The van der Waals surface area contributed by atoms with Crippen LogP contribution in [-0.4, -0.2) is 56.7 Å². The van der Waals surface area contributed by atoms with E-state index < -0.39 is 48.1 Å². The molecule has 8 heteroatoms. The number of aliphatic hydroxyl groups is 4. The zero-order valence-corrected chi connectivity index (χ0v) is 11.3. The van der Waals surface area contributed by atoms with Gasteiger partial charge in [0, 0.05) is 11.8 Å². The molecule has 0 saturated heterocycles. The molecule has 0 aromatic carbocycles. The fourth-order valence-electron chi connectivity index (χ4n) is 2.52. The maximum Gasteiger partial charge on any atom is 0.286 e. The standard InChI is InChI=1S/C6H9F3O.C6H11FO3/c1-4-2-5(7,3-10)6(4,8)9;1-4-2-5(9,3-8)6(4,7)10/h4,10H,2-3H2,1H3;4,8-10H,2-3H2,1H3. The highest BCUT2D eigenvalue weighted by Gasteiger charge is 2.67. The molecule has 20 heavy (non-hydrogen) atoms. The van der Waals surface area contributed by atoms with Crippen molar-refractivity contribution in [2.45, 2.75) is 49.7 Å². The first kappa shape index (κ1) is 17.6. The number of hydrogen-bond donors (Lipinski definition) is 4. The van der Waals surface area contributed by atoms with Gasteiger partial charge in [0.15, 0.2) is 5.67 Å². The summed E-state index contributed by atoms with van der Waals surface area (Å²) in [7, 11) is 0. The maximum absolute atomic E-state index is 12.8. The average Bonchev–Trinajstić information content (AvgIpc) is 2.39. The summed E-state index contributed by atoms with van der Waals surface area (Å²) in [6.45, 7) is 0.937. The minimum Gasteiger partial charge on any atom is -0.393 e. The largest absolute Gasteiger partial charge is 0.393 e. The molecule has 2 aliphatic rings. The van der Waals surface area contributed by atoms with E-state index in [0.29, 0.717) is 0 Å². The molecule has 2 saturated carbocycles. The molecule has 5 unspecified atom stereocenters. The van der Waals surface area contributed by atoms with Crippen molar-refractivity contribution in [2.75, 3.05) is 13.2 Å². The fraction of sp³-hybridized carbons (Fsp3) is 1.00. The monoisotopic (exact) mass is 304 g/mol. The Morgan fingerprint density at radius 1 is 0.900 bits per heavy atom. The third kappa shape index (κ3) is 2.32. The van der Waals surface area contributed by atoms with Gasteiger partial charge in [-0.2, -0.15) is 0 Å². The van der Waals surface area contributed by atoms with Gasteiger partial charge < -0.3 is 20.4 Å². The van der Waals surface area contributed by atoms with Crippen LogP contribution in [0.15, 0.2) is 0 Å². The summed E-state index contributed by atoms with van der Waals surface area (Å²) in [6, 6.07) is 0. The Kier molecular flexibility index (Phi) is 4.47. The normalized spacial score (nSPS) is 49.5. The molecule has 0 aliphatic heterocycles. The van der Waals surface area contributed by atoms with Gasteiger partial charge in [0.1, 0.15) is 5.60 Å². The van der Waals surface area contributed by atoms with Crippen molar-refractivity contribution in [3.05, 3.63) is 0 Å². The van der Waals surface area contributed by atoms with Crippen molar-refractivity contribution in [2.24, 2.45) is 11.8 Å². The van der Waals surface area contributed by atoms with Crippen molar-refractivity contribution in [1.29, 1.82) is 0 Å². The first-order valence-electron chi connectivity index (χ1n) is 6.30. The lowest BCUT2D eigenvalue weighted by Crippen LogP contribution is -2.67. The minimum absolute atomic E-state index is 0.108. The number of halogens is 4. The van der Waals surface area contributed by atoms with E-state index in [1.54, 1.807) is 0 Å². The number of aliphatic hydroxyl groups excluding tert-OH is 2. The molecule has 0 aromatic rings. The van der Waals surface area contributed by atoms with Crippen LogP contribution in [0.5, 0.6) is 0 Å². The molecule has 2 aliphatic carbocycles. The lowest BCUT2D eigenvalue weighted by molar-refractivity contribution is -0.333. The van der Waals surface area contributed by atoms with E-state index in [4.69, 9.17) is 20.4 Å². The zero-order valence-electron chi connectivity index (χ0n) is 11.3. The average molecular weight is 304 g/mol. The highest BCUT2D eigenvalue weighted by molar-refractivity contribution is 5.08. The van der Waals surface area contributed by atoms with E-state index in [1.807, 2.05) is 0 Å². The molecule has 0 spiro atoms. The third-order valence-corrected chi connectivity index (χ3v) is 4.31. The summed E-state index contributed by atoms with van der Waals surface area (Å²) < 4.78 is 50.3. The van der Waals surface area contributed by atoms with E-state index in [1.165, 1.54) is 13.8 Å². The lowest BCUT2D eigenvalue weighted by atomic mass is 9.67. The molecule has 0 heterocycles. The number of alkyl halides is 4. The van der Waals surface area contributed by atoms with Crippen LogP contribution in [-0.2, 0) is 0 Å². The Labute approximate surface area is 114 Å². The molecule has 120 valence electrons. The van der Waals surface area contributed by atoms with E-state index in [2.05, 4.69) is 0 Å². The van der Waals surface area contributed by atoms with E-state index >= 15 is 0 Å². The Morgan fingerprint density at radius 3 is 1.50 bits per heavy atom. The fourth-order valence-corrected chi connectivity index (χ4v) is 2.52. The summed E-state index contributed by atoms with van der Waals surface area (Å²) in [5, 5.41) is 34.6. The van der Waals surface area contributed by atoms with Gasteiger partial charge in [-0.1, -0.05) is 13.8 Å². The summed E-state index contributed by atoms with van der Waals surface area (Å²) in [5.41, 5.74) is -4.57. The molecule has 4 nitrogen and oxygen atoms in total. The van der Waals surface area contributed by atoms with Crippen LogP contribution >= 0.6 is 0 Å². The second-order valence-electron chi connectivity index (χ2n) is 5.82. The van der Waals surface area contributed by atoms with E-state index in [9.17, 15) is 17.6 Å². The van der Waals surface area contributed by atoms with Crippen LogP contribution in [0.3, 0.4) is 0 Å². The number of rotatable bonds is 2. The molecule has 5 atom stereocenters. The van der Waals surface area contributed by atoms with E-state index in [-0.39, 0.29) is 12.8 Å². The topological polar surface area (TPSA) is 80.9 Å². The molecule has 0 radical (unpaired) electrons. The van der Waals surface area contributed by atoms with Crippen LogP contribution < -0.4 is 0 Å². The summed E-state index contributed by atoms with van der Waals surface area (Å²) >= 11 is 0. The summed E-state index contributed by atoms with van der Waals surface area (Å²) in [5.74, 6) is -7.47. The van der Waals surface area contributed by atoms with Crippen LogP contribution in [0, 0.1) is 11.8 Å². The molecule has 2 fully saturated rings. The molecule has 0 amide bonds. The van der Waals surface area contributed by atoms with Crippen molar-refractivity contribution in [3.8, 4) is 0 Å². The quantitative estimate of drug-likeness (QED) is 0.568. The van der Waals surface area contributed by atoms with Crippen molar-refractivity contribution < 1.29 is 38.0 Å². The van der Waals surface area contributed by atoms with Gasteiger partial charge in [0.25, 0.3) is 5.92 Å². The Balaban J connectivity index is 0.000000200. The third-order valence-electron chi connectivity index (χ3n) is 4.31. The summed E-state index contributed by atoms with van der Waals surface area (Å²) in [6.07, 6.45) is -0.132. The lowest BCUT2D eigenvalue weighted by Gasteiger charge is -2.50. The van der Waals surface area contributed by atoms with Gasteiger partial charge in [0.2, 0.25) is 5.85 Å². The molecule has 4 N–H and O–H groups in total. The van der Waals surface area contributed by atoms with Crippen LogP contribution in [0.25, 0.3) is 0 Å². The highest BCUT2D eigenvalue weighted by Crippen LogP contribution is 2.53. The second-order valence-corrected chi connectivity index (χ2v) is 5.82. The highest BCUT2D eigenvalue weighted by atomic mass is 19.3. The van der Waals surface area contributed by atoms with Gasteiger partial charge in [0.05, 0.1) is 13.2 Å². The molecule has 0 bridgehead atoms. The maximum atomic E-state index is 12.8. The van der Waals surface area contributed by atoms with Gasteiger partial charge >= 0.3 is 0 Å². The Morgan fingerprint density at radius 2 is 1.40 bits per heavy atom. The van der Waals surface area contributed by atoms with Crippen molar-refractivity contribution >= 4 is 0 Å². The molecule has 0 aromatic heterocycles. The SMILES string of the molecule is CC1CC(F)(CO)C1(F)F.CC1CC(O)(CO)C1(O)F. The summed E-state index contributed by atoms with van der Waals surface area (Å²) in [4.78, 5) is 0. The first-order valence-corrected chi connectivity index (χ1v) is 6.30. The van der Waals surface area contributed by atoms with E-state index in [0.717, 1.165) is 0 Å². The predicted octanol–water partition coefficient (Wildman–Crippen LogP) is 0.770. The second kappa shape index (κ2) is 5.08. The van der Waals surface area contributed by atoms with Crippen molar-refractivity contribution in [3.63, 3.8) is 0 Å². The van der Waals surface area contributed by atoms with Crippen LogP contribution in [0.4, 0.5) is 17.6 Å². The van der Waals surface area contributed by atoms with Crippen LogP contribution in [0.2, 0.25) is 0 Å². The molecule has 2 rings (SSSR count). The Bertz CT molecular complexity index is 326. The minimum atomic E-state index is -3.33. The van der Waals surface area contributed by atoms with Crippen LogP contribution in [0.1, 0.15) is 26.7 Å². The zero-order chi connectivity index (χ0) is 16.0. The van der Waals surface area contributed by atoms with Crippen molar-refractivity contribution in [1.82, 2.24) is 0 Å². The van der Waals surface area contributed by atoms with Gasteiger partial charge in [-0.05, 0) is 12.8 Å². The van der Waals surface area contributed by atoms with Gasteiger partial charge in [-0.25, -0.2) is 17.6 Å². The van der Waals surface area contributed by atoms with Gasteiger partial charge in [-0.3, -0.25) is 0 Å². The van der Waals surface area contributed by atoms with Gasteiger partial charge in [-0.15, -0.1) is 0 Å². The smallest absolute Gasteiger partial charge is 0.286 e.